The average Bonchev–Trinajstić information content (AvgIpc) is 1.82. The van der Waals surface area contributed by atoms with Gasteiger partial charge >= 0.3 is 0 Å². The molecule has 0 fully saturated rings. The van der Waals surface area contributed by atoms with Gasteiger partial charge in [-0.25, -0.2) is 0 Å². The fraction of sp³-hybridized carbons (Fsp3) is 1.00. The summed E-state index contributed by atoms with van der Waals surface area (Å²) in [7, 11) is 0. The monoisotopic (exact) mass is 344 g/mol. The van der Waals surface area contributed by atoms with E-state index in [1.165, 1.54) is 0 Å². The standard InChI is InChI=1S/C5H4Cl8/c6-1(7)5(2(8)9,3(10)11)4(12)13/h1-4H. The molecule has 0 aromatic heterocycles. The van der Waals surface area contributed by atoms with Crippen molar-refractivity contribution in [3.8, 4) is 0 Å². The van der Waals surface area contributed by atoms with Gasteiger partial charge < -0.3 is 0 Å². The Kier molecular flexibility index (Phi) is 7.25. The molecule has 0 aliphatic rings. The summed E-state index contributed by atoms with van der Waals surface area (Å²) in [6.45, 7) is 0. The predicted molar refractivity (Wildman–Crippen MR) is 64.4 cm³/mol. The van der Waals surface area contributed by atoms with Gasteiger partial charge in [-0.3, -0.25) is 0 Å². The third-order valence-corrected chi connectivity index (χ3v) is 4.54. The van der Waals surface area contributed by atoms with Gasteiger partial charge in [0.05, 0.1) is 5.41 Å². The van der Waals surface area contributed by atoms with Crippen LogP contribution >= 0.6 is 92.8 Å². The number of rotatable bonds is 4. The lowest BCUT2D eigenvalue weighted by Gasteiger charge is -2.38. The zero-order valence-corrected chi connectivity index (χ0v) is 11.9. The summed E-state index contributed by atoms with van der Waals surface area (Å²) in [5.41, 5.74) is -1.38. The molecule has 0 saturated heterocycles. The van der Waals surface area contributed by atoms with E-state index >= 15 is 0 Å². The van der Waals surface area contributed by atoms with Gasteiger partial charge in [0.15, 0.2) is 0 Å². The van der Waals surface area contributed by atoms with Crippen LogP contribution in [-0.2, 0) is 0 Å². The van der Waals surface area contributed by atoms with Gasteiger partial charge in [0.1, 0.15) is 19.3 Å². The molecule has 0 aliphatic carbocycles. The molecule has 0 bridgehead atoms. The van der Waals surface area contributed by atoms with Crippen LogP contribution in [0.3, 0.4) is 0 Å². The Morgan fingerprint density at radius 1 is 0.462 bits per heavy atom. The van der Waals surface area contributed by atoms with E-state index in [0.717, 1.165) is 0 Å². The molecule has 0 radical (unpaired) electrons. The smallest absolute Gasteiger partial charge is 0.104 e. The van der Waals surface area contributed by atoms with Crippen molar-refractivity contribution in [2.24, 2.45) is 5.41 Å². The first-order valence-electron chi connectivity index (χ1n) is 2.90. The van der Waals surface area contributed by atoms with Crippen molar-refractivity contribution in [1.29, 1.82) is 0 Å². The second kappa shape index (κ2) is 6.15. The van der Waals surface area contributed by atoms with Gasteiger partial charge in [-0.05, 0) is 0 Å². The Labute approximate surface area is 117 Å². The maximum absolute atomic E-state index is 5.64. The van der Waals surface area contributed by atoms with Crippen molar-refractivity contribution in [3.05, 3.63) is 0 Å². The van der Waals surface area contributed by atoms with Crippen LogP contribution in [0.15, 0.2) is 0 Å². The molecule has 0 atom stereocenters. The molecule has 8 heteroatoms. The molecule has 80 valence electrons. The molecular weight excluding hydrogens is 344 g/mol. The number of alkyl halides is 8. The van der Waals surface area contributed by atoms with E-state index in [9.17, 15) is 0 Å². The van der Waals surface area contributed by atoms with Crippen LogP contribution in [0.4, 0.5) is 0 Å². The highest BCUT2D eigenvalue weighted by atomic mass is 35.5. The van der Waals surface area contributed by atoms with Crippen LogP contribution in [-0.4, -0.2) is 19.3 Å². The Bertz CT molecular complexity index is 115. The maximum Gasteiger partial charge on any atom is 0.121 e. The first-order chi connectivity index (χ1) is 5.77. The SMILES string of the molecule is ClC(Cl)C(C(Cl)Cl)(C(Cl)Cl)C(Cl)Cl. The van der Waals surface area contributed by atoms with Crippen molar-refractivity contribution in [2.75, 3.05) is 0 Å². The Balaban J connectivity index is 5.06. The molecule has 0 unspecified atom stereocenters. The molecular formula is C5H4Cl8. The topological polar surface area (TPSA) is 0 Å². The van der Waals surface area contributed by atoms with E-state index in [0.29, 0.717) is 0 Å². The predicted octanol–water partition coefficient (Wildman–Crippen LogP) is 5.19. The molecule has 0 aromatic rings. The van der Waals surface area contributed by atoms with Crippen molar-refractivity contribution in [3.63, 3.8) is 0 Å². The molecule has 0 spiro atoms. The molecule has 0 saturated carbocycles. The summed E-state index contributed by atoms with van der Waals surface area (Å²) in [5.74, 6) is 0. The van der Waals surface area contributed by atoms with Crippen LogP contribution in [0.2, 0.25) is 0 Å². The summed E-state index contributed by atoms with van der Waals surface area (Å²) in [4.78, 5) is -4.31. The molecule has 0 aliphatic heterocycles. The highest BCUT2D eigenvalue weighted by molar-refractivity contribution is 6.56. The lowest BCUT2D eigenvalue weighted by Crippen LogP contribution is -2.46. The van der Waals surface area contributed by atoms with Gasteiger partial charge in [0.25, 0.3) is 0 Å². The summed E-state index contributed by atoms with van der Waals surface area (Å²) in [6.07, 6.45) is 0. The lowest BCUT2D eigenvalue weighted by molar-refractivity contribution is 0.400. The zero-order chi connectivity index (χ0) is 10.8. The lowest BCUT2D eigenvalue weighted by atomic mass is 9.97. The summed E-state index contributed by atoms with van der Waals surface area (Å²) in [6, 6.07) is 0. The molecule has 0 nitrogen and oxygen atoms in total. The molecule has 0 amide bonds. The van der Waals surface area contributed by atoms with Gasteiger partial charge in [0, 0.05) is 0 Å². The second-order valence-corrected chi connectivity index (χ2v) is 6.59. The normalized spacial score (nSPS) is 13.8. The van der Waals surface area contributed by atoms with Gasteiger partial charge in [0.2, 0.25) is 0 Å². The van der Waals surface area contributed by atoms with Crippen LogP contribution < -0.4 is 0 Å². The highest BCUT2D eigenvalue weighted by Gasteiger charge is 2.53. The third-order valence-electron chi connectivity index (χ3n) is 1.51. The van der Waals surface area contributed by atoms with Gasteiger partial charge in [-0.15, -0.1) is 92.8 Å². The number of halogens is 8. The molecule has 0 aromatic carbocycles. The first-order valence-corrected chi connectivity index (χ1v) is 6.39. The summed E-state index contributed by atoms with van der Waals surface area (Å²) in [5, 5.41) is 0. The van der Waals surface area contributed by atoms with E-state index in [4.69, 9.17) is 92.8 Å². The van der Waals surface area contributed by atoms with E-state index in [-0.39, 0.29) is 0 Å². The molecule has 0 N–H and O–H groups in total. The van der Waals surface area contributed by atoms with Crippen molar-refractivity contribution in [2.45, 2.75) is 19.3 Å². The third kappa shape index (κ3) is 3.14. The fourth-order valence-electron chi connectivity index (χ4n) is 0.571. The minimum absolute atomic E-state index is 1.08. The fourth-order valence-corrected chi connectivity index (χ4v) is 5.14. The van der Waals surface area contributed by atoms with Crippen LogP contribution in [0.25, 0.3) is 0 Å². The van der Waals surface area contributed by atoms with E-state index in [2.05, 4.69) is 0 Å². The van der Waals surface area contributed by atoms with Crippen molar-refractivity contribution < 1.29 is 0 Å². The molecule has 13 heavy (non-hydrogen) atoms. The first kappa shape index (κ1) is 15.3. The van der Waals surface area contributed by atoms with Crippen LogP contribution in [0.1, 0.15) is 0 Å². The van der Waals surface area contributed by atoms with Crippen molar-refractivity contribution >= 4 is 92.8 Å². The quantitative estimate of drug-likeness (QED) is 0.614. The van der Waals surface area contributed by atoms with E-state index in [1.54, 1.807) is 0 Å². The van der Waals surface area contributed by atoms with Crippen LogP contribution in [0.5, 0.6) is 0 Å². The Morgan fingerprint density at radius 3 is 0.615 bits per heavy atom. The zero-order valence-electron chi connectivity index (χ0n) is 5.83. The maximum atomic E-state index is 5.64. The summed E-state index contributed by atoms with van der Waals surface area (Å²) < 4.78 is 0. The second-order valence-electron chi connectivity index (χ2n) is 2.20. The van der Waals surface area contributed by atoms with E-state index in [1.807, 2.05) is 0 Å². The minimum atomic E-state index is -1.38. The molecule has 0 rings (SSSR count). The highest BCUT2D eigenvalue weighted by Crippen LogP contribution is 2.51. The number of hydrogen-bond acceptors (Lipinski definition) is 0. The van der Waals surface area contributed by atoms with Crippen molar-refractivity contribution in [1.82, 2.24) is 0 Å². The summed E-state index contributed by atoms with van der Waals surface area (Å²) >= 11 is 45.2. The van der Waals surface area contributed by atoms with Crippen LogP contribution in [0, 0.1) is 5.41 Å². The Morgan fingerprint density at radius 2 is 0.615 bits per heavy atom. The van der Waals surface area contributed by atoms with E-state index < -0.39 is 24.8 Å². The average molecular weight is 348 g/mol. The van der Waals surface area contributed by atoms with Gasteiger partial charge in [-0.2, -0.15) is 0 Å². The largest absolute Gasteiger partial charge is 0.121 e. The Hall–Kier alpha value is 2.32. The minimum Gasteiger partial charge on any atom is -0.104 e. The number of hydrogen-bond donors (Lipinski definition) is 0. The van der Waals surface area contributed by atoms with Gasteiger partial charge in [-0.1, -0.05) is 0 Å². The molecule has 0 heterocycles.